The molecule has 34 heavy (non-hydrogen) atoms. The fourth-order valence-corrected chi connectivity index (χ4v) is 4.10. The van der Waals surface area contributed by atoms with Crippen molar-refractivity contribution in [2.45, 2.75) is 149 Å². The zero-order chi connectivity index (χ0) is 24.3. The number of rotatable bonds is 23. The van der Waals surface area contributed by atoms with Crippen LogP contribution < -0.4 is 0 Å². The van der Waals surface area contributed by atoms with E-state index in [4.69, 9.17) is 0 Å². The van der Waals surface area contributed by atoms with Crippen LogP contribution in [-0.4, -0.2) is 68.2 Å². The van der Waals surface area contributed by atoms with E-state index in [9.17, 15) is 0 Å². The first-order chi connectivity index (χ1) is 15.4. The van der Waals surface area contributed by atoms with E-state index in [-0.39, 0.29) is 11.0 Å². The van der Waals surface area contributed by atoms with Crippen LogP contribution in [0.2, 0.25) is 0 Å². The van der Waals surface area contributed by atoms with Gasteiger partial charge in [-0.15, -0.1) is 0 Å². The van der Waals surface area contributed by atoms with E-state index in [1.54, 1.807) is 0 Å². The lowest BCUT2D eigenvalue weighted by atomic mass is 10.1. The van der Waals surface area contributed by atoms with Crippen LogP contribution in [-0.2, 0) is 0 Å². The van der Waals surface area contributed by atoms with Crippen molar-refractivity contribution < 1.29 is 15.4 Å². The Kier molecular flexibility index (Phi) is 39.6. The predicted molar refractivity (Wildman–Crippen MR) is 155 cm³/mol. The second kappa shape index (κ2) is 32.8. The normalized spacial score (nSPS) is 10.9. The van der Waals surface area contributed by atoms with Gasteiger partial charge in [0.2, 0.25) is 0 Å². The molecule has 0 aromatic rings. The van der Waals surface area contributed by atoms with E-state index in [1.807, 2.05) is 0 Å². The molecule has 0 radical (unpaired) electrons. The van der Waals surface area contributed by atoms with Gasteiger partial charge in [-0.1, -0.05) is 123 Å². The van der Waals surface area contributed by atoms with Gasteiger partial charge in [0, 0.05) is 0 Å². The molecule has 0 aliphatic rings. The van der Waals surface area contributed by atoms with Crippen molar-refractivity contribution in [1.29, 1.82) is 0 Å². The summed E-state index contributed by atoms with van der Waals surface area (Å²) in [5, 5.41) is 0. The van der Waals surface area contributed by atoms with Crippen LogP contribution >= 0.6 is 0 Å². The van der Waals surface area contributed by atoms with Crippen molar-refractivity contribution in [3.8, 4) is 0 Å². The maximum Gasteiger partial charge on any atom is 0.0782 e. The van der Waals surface area contributed by atoms with Crippen molar-refractivity contribution in [1.82, 2.24) is 4.90 Å². The molecule has 0 spiro atoms. The van der Waals surface area contributed by atoms with Crippen molar-refractivity contribution in [3.63, 3.8) is 0 Å². The van der Waals surface area contributed by atoms with Gasteiger partial charge in [-0.05, 0) is 46.8 Å². The van der Waals surface area contributed by atoms with Gasteiger partial charge in [-0.25, -0.2) is 0 Å². The van der Waals surface area contributed by atoms with Gasteiger partial charge in [-0.2, -0.15) is 0 Å². The zero-order valence-corrected chi connectivity index (χ0v) is 25.1. The minimum atomic E-state index is 0. The van der Waals surface area contributed by atoms with Gasteiger partial charge >= 0.3 is 0 Å². The Morgan fingerprint density at radius 1 is 0.471 bits per heavy atom. The fourth-order valence-electron chi connectivity index (χ4n) is 4.10. The highest BCUT2D eigenvalue weighted by molar-refractivity contribution is 4.49. The van der Waals surface area contributed by atoms with E-state index < -0.39 is 0 Å². The number of hydrogen-bond acceptors (Lipinski definition) is 2. The predicted octanol–water partition coefficient (Wildman–Crippen LogP) is 8.47. The Balaban J connectivity index is -0.000000252. The Morgan fingerprint density at radius 2 is 0.765 bits per heavy atom. The highest BCUT2D eigenvalue weighted by Crippen LogP contribution is 2.12. The molecule has 0 aromatic heterocycles. The van der Waals surface area contributed by atoms with Crippen LogP contribution in [0.25, 0.3) is 0 Å². The van der Waals surface area contributed by atoms with Crippen LogP contribution in [0.3, 0.4) is 0 Å². The number of hydrogen-bond donors (Lipinski definition) is 0. The molecule has 0 aliphatic heterocycles. The average molecular weight is 491 g/mol. The van der Waals surface area contributed by atoms with Gasteiger partial charge in [-0.3, -0.25) is 0 Å². The van der Waals surface area contributed by atoms with E-state index in [0.717, 1.165) is 0 Å². The van der Waals surface area contributed by atoms with E-state index in [0.29, 0.717) is 0 Å². The molecule has 0 saturated heterocycles. The summed E-state index contributed by atoms with van der Waals surface area (Å²) in [4.78, 5) is 2.28. The molecule has 0 unspecified atom stereocenters. The first-order valence-corrected chi connectivity index (χ1v) is 14.9. The molecular weight excluding hydrogens is 420 g/mol. The molecule has 3 N–H and O–H groups in total. The fraction of sp³-hybridized carbons (Fsp3) is 1.00. The van der Waals surface area contributed by atoms with Gasteiger partial charge in [0.15, 0.2) is 0 Å². The molecule has 0 amide bonds. The molecule has 0 heterocycles. The largest absolute Gasteiger partial charge is 0.870 e. The molecule has 0 aromatic carbocycles. The Hall–Kier alpha value is -0.160. The third-order valence-corrected chi connectivity index (χ3v) is 6.93. The summed E-state index contributed by atoms with van der Waals surface area (Å²) in [6.07, 6.45) is 28.8. The highest BCUT2D eigenvalue weighted by Gasteiger charge is 2.09. The van der Waals surface area contributed by atoms with Crippen molar-refractivity contribution in [2.24, 2.45) is 0 Å². The SMILES string of the molecule is CCCCCCCCCCCCN(C)C.CCCCCCCCCCCC[N+](C)(C)CC.O.[OH-]. The highest BCUT2D eigenvalue weighted by atomic mass is 16.0. The van der Waals surface area contributed by atoms with E-state index >= 15 is 0 Å². The maximum absolute atomic E-state index is 2.34. The second-order valence-electron chi connectivity index (χ2n) is 11.1. The van der Waals surface area contributed by atoms with Gasteiger partial charge < -0.3 is 20.3 Å². The Bertz CT molecular complexity index is 336. The smallest absolute Gasteiger partial charge is 0.0782 e. The topological polar surface area (TPSA) is 64.7 Å². The molecule has 212 valence electrons. The lowest BCUT2D eigenvalue weighted by Crippen LogP contribution is -2.39. The Labute approximate surface area is 217 Å². The number of nitrogens with zero attached hydrogens (tertiary/aromatic N) is 2. The average Bonchev–Trinajstić information content (AvgIpc) is 2.76. The maximum atomic E-state index is 2.34. The third-order valence-electron chi connectivity index (χ3n) is 6.93. The van der Waals surface area contributed by atoms with Crippen molar-refractivity contribution in [2.75, 3.05) is 47.8 Å². The summed E-state index contributed by atoms with van der Waals surface area (Å²) in [7, 11) is 9.00. The van der Waals surface area contributed by atoms with Gasteiger partial charge in [0.1, 0.15) is 0 Å². The molecule has 0 saturated carbocycles. The molecule has 0 rings (SSSR count). The van der Waals surface area contributed by atoms with Crippen molar-refractivity contribution >= 4 is 0 Å². The summed E-state index contributed by atoms with van der Waals surface area (Å²) in [6, 6.07) is 0. The van der Waals surface area contributed by atoms with E-state index in [2.05, 4.69) is 53.9 Å². The van der Waals surface area contributed by atoms with Gasteiger partial charge in [0.25, 0.3) is 0 Å². The Morgan fingerprint density at radius 3 is 1.06 bits per heavy atom. The molecule has 0 aliphatic carbocycles. The molecule has 4 heteroatoms. The summed E-state index contributed by atoms with van der Waals surface area (Å²) >= 11 is 0. The van der Waals surface area contributed by atoms with Crippen LogP contribution in [0, 0.1) is 0 Å². The van der Waals surface area contributed by atoms with Crippen LogP contribution in [0.5, 0.6) is 0 Å². The molecule has 0 fully saturated rings. The molecule has 0 atom stereocenters. The standard InChI is InChI=1S/C16H36N.C14H31N.2H2O/c1-5-7-8-9-10-11-12-13-14-15-16-17(3,4)6-2;1-4-5-6-7-8-9-10-11-12-13-14-15(2)3;;/h5-16H2,1-4H3;4-14H2,1-3H3;2*1H2/q+1;;;/p-1. The zero-order valence-electron chi connectivity index (χ0n) is 25.1. The summed E-state index contributed by atoms with van der Waals surface area (Å²) < 4.78 is 1.19. The van der Waals surface area contributed by atoms with Crippen molar-refractivity contribution in [3.05, 3.63) is 0 Å². The van der Waals surface area contributed by atoms with E-state index in [1.165, 1.54) is 153 Å². The van der Waals surface area contributed by atoms with Crippen LogP contribution in [0.4, 0.5) is 0 Å². The third kappa shape index (κ3) is 39.1. The van der Waals surface area contributed by atoms with Crippen LogP contribution in [0.15, 0.2) is 0 Å². The minimum absolute atomic E-state index is 0. The lowest BCUT2D eigenvalue weighted by Gasteiger charge is -2.28. The summed E-state index contributed by atoms with van der Waals surface area (Å²) in [5.74, 6) is 0. The first-order valence-electron chi connectivity index (χ1n) is 14.9. The monoisotopic (exact) mass is 491 g/mol. The molecule has 0 bridgehead atoms. The number of quaternary nitrogens is 1. The second-order valence-corrected chi connectivity index (χ2v) is 11.1. The van der Waals surface area contributed by atoms with Crippen LogP contribution in [0.1, 0.15) is 149 Å². The summed E-state index contributed by atoms with van der Waals surface area (Å²) in [6.45, 7) is 10.7. The number of unbranched alkanes of at least 4 members (excludes halogenated alkanes) is 18. The minimum Gasteiger partial charge on any atom is -0.870 e. The summed E-state index contributed by atoms with van der Waals surface area (Å²) in [5.41, 5.74) is 0. The molecular formula is C30H70N2O2. The van der Waals surface area contributed by atoms with Gasteiger partial charge in [0.05, 0.1) is 27.2 Å². The molecule has 4 nitrogen and oxygen atoms in total. The first kappa shape index (κ1) is 41.0. The lowest BCUT2D eigenvalue weighted by molar-refractivity contribution is -0.888. The quantitative estimate of drug-likeness (QED) is 0.106.